The monoisotopic (exact) mass is 285 g/mol. The van der Waals surface area contributed by atoms with Gasteiger partial charge in [0.15, 0.2) is 0 Å². The molecular weight excluding hydrogens is 254 g/mol. The van der Waals surface area contributed by atoms with E-state index < -0.39 is 0 Å². The second-order valence-corrected chi connectivity index (χ2v) is 5.97. The van der Waals surface area contributed by atoms with Gasteiger partial charge in [-0.1, -0.05) is 27.7 Å². The number of nitrogens with one attached hydrogen (secondary N) is 1. The van der Waals surface area contributed by atoms with E-state index >= 15 is 0 Å². The molecule has 0 saturated heterocycles. The number of hydrogen-bond donors (Lipinski definition) is 1. The fraction of sp³-hybridized carbons (Fsp3) is 0.875. The molecule has 0 bridgehead atoms. The summed E-state index contributed by atoms with van der Waals surface area (Å²) in [5, 5.41) is 2.81. The molecule has 0 aromatic heterocycles. The van der Waals surface area contributed by atoms with E-state index in [1.165, 1.54) is 6.42 Å². The molecule has 4 heteroatoms. The van der Waals surface area contributed by atoms with Gasteiger partial charge in [0.05, 0.1) is 0 Å². The van der Waals surface area contributed by atoms with Crippen molar-refractivity contribution in [2.24, 2.45) is 11.8 Å². The van der Waals surface area contributed by atoms with Crippen molar-refractivity contribution in [2.75, 3.05) is 19.8 Å². The first-order chi connectivity index (χ1) is 9.43. The van der Waals surface area contributed by atoms with E-state index in [0.717, 1.165) is 25.4 Å². The predicted molar refractivity (Wildman–Crippen MR) is 81.6 cm³/mol. The summed E-state index contributed by atoms with van der Waals surface area (Å²) in [5.74, 6) is 0.848. The number of carbonyl (C=O) groups is 2. The number of ketones is 1. The molecule has 0 spiro atoms. The van der Waals surface area contributed by atoms with E-state index in [-0.39, 0.29) is 17.6 Å². The molecule has 0 unspecified atom stereocenters. The van der Waals surface area contributed by atoms with Crippen LogP contribution >= 0.6 is 0 Å². The minimum absolute atomic E-state index is 0.0158. The van der Waals surface area contributed by atoms with Crippen molar-refractivity contribution in [1.82, 2.24) is 5.32 Å². The van der Waals surface area contributed by atoms with Crippen LogP contribution in [0.1, 0.15) is 59.8 Å². The molecule has 0 saturated carbocycles. The Hall–Kier alpha value is -0.900. The Morgan fingerprint density at radius 1 is 1.00 bits per heavy atom. The quantitative estimate of drug-likeness (QED) is 0.561. The van der Waals surface area contributed by atoms with Gasteiger partial charge in [-0.3, -0.25) is 9.59 Å². The lowest BCUT2D eigenvalue weighted by Crippen LogP contribution is -2.26. The van der Waals surface area contributed by atoms with E-state index in [9.17, 15) is 9.59 Å². The van der Waals surface area contributed by atoms with Gasteiger partial charge in [0.2, 0.25) is 5.91 Å². The smallest absolute Gasteiger partial charge is 0.220 e. The second-order valence-electron chi connectivity index (χ2n) is 5.97. The van der Waals surface area contributed by atoms with Crippen molar-refractivity contribution in [2.45, 2.75) is 59.8 Å². The highest BCUT2D eigenvalue weighted by molar-refractivity contribution is 5.85. The van der Waals surface area contributed by atoms with Crippen LogP contribution in [0.15, 0.2) is 0 Å². The van der Waals surface area contributed by atoms with Crippen LogP contribution in [0.25, 0.3) is 0 Å². The zero-order valence-electron chi connectivity index (χ0n) is 13.5. The summed E-state index contributed by atoms with van der Waals surface area (Å²) < 4.78 is 5.49. The highest BCUT2D eigenvalue weighted by Crippen LogP contribution is 2.03. The van der Waals surface area contributed by atoms with Crippen LogP contribution in [0.3, 0.4) is 0 Å². The normalized spacial score (nSPS) is 11.1. The lowest BCUT2D eigenvalue weighted by atomic mass is 10.0. The van der Waals surface area contributed by atoms with E-state index in [1.54, 1.807) is 0 Å². The third kappa shape index (κ3) is 12.2. The van der Waals surface area contributed by atoms with Crippen molar-refractivity contribution in [3.8, 4) is 0 Å². The predicted octanol–water partition coefficient (Wildman–Crippen LogP) is 2.95. The SMILES string of the molecule is CC(C)CCCOCCCNC(=O)CCC(=O)C(C)C. The maximum absolute atomic E-state index is 11.5. The first-order valence-electron chi connectivity index (χ1n) is 7.80. The van der Waals surface area contributed by atoms with E-state index in [0.29, 0.717) is 26.0 Å². The molecule has 0 aromatic rings. The number of carbonyl (C=O) groups excluding carboxylic acids is 2. The molecule has 0 aliphatic rings. The van der Waals surface area contributed by atoms with Crippen LogP contribution in [0.4, 0.5) is 0 Å². The third-order valence-corrected chi connectivity index (χ3v) is 3.10. The zero-order chi connectivity index (χ0) is 15.4. The average molecular weight is 285 g/mol. The molecule has 0 radical (unpaired) electrons. The summed E-state index contributed by atoms with van der Waals surface area (Å²) in [7, 11) is 0. The van der Waals surface area contributed by atoms with E-state index in [4.69, 9.17) is 4.74 Å². The van der Waals surface area contributed by atoms with Gasteiger partial charge in [-0.25, -0.2) is 0 Å². The van der Waals surface area contributed by atoms with Crippen molar-refractivity contribution < 1.29 is 14.3 Å². The fourth-order valence-corrected chi connectivity index (χ4v) is 1.71. The van der Waals surface area contributed by atoms with Crippen molar-refractivity contribution in [1.29, 1.82) is 0 Å². The van der Waals surface area contributed by atoms with Gasteiger partial charge in [-0.15, -0.1) is 0 Å². The molecule has 0 aromatic carbocycles. The average Bonchev–Trinajstić information content (AvgIpc) is 2.38. The molecule has 0 aliphatic heterocycles. The topological polar surface area (TPSA) is 55.4 Å². The first kappa shape index (κ1) is 19.1. The van der Waals surface area contributed by atoms with Gasteiger partial charge in [0.1, 0.15) is 5.78 Å². The van der Waals surface area contributed by atoms with Crippen LogP contribution in [-0.2, 0) is 14.3 Å². The molecule has 0 rings (SSSR count). The van der Waals surface area contributed by atoms with Crippen LogP contribution in [-0.4, -0.2) is 31.4 Å². The maximum atomic E-state index is 11.5. The van der Waals surface area contributed by atoms with Crippen LogP contribution < -0.4 is 5.32 Å². The number of amides is 1. The number of ether oxygens (including phenoxy) is 1. The minimum Gasteiger partial charge on any atom is -0.381 e. The highest BCUT2D eigenvalue weighted by Gasteiger charge is 2.09. The summed E-state index contributed by atoms with van der Waals surface area (Å²) in [6.45, 7) is 10.2. The van der Waals surface area contributed by atoms with Gasteiger partial charge in [0, 0.05) is 38.5 Å². The third-order valence-electron chi connectivity index (χ3n) is 3.10. The van der Waals surface area contributed by atoms with Crippen molar-refractivity contribution in [3.05, 3.63) is 0 Å². The molecule has 1 amide bonds. The molecule has 0 aliphatic carbocycles. The molecule has 20 heavy (non-hydrogen) atoms. The Bertz CT molecular complexity index is 275. The first-order valence-corrected chi connectivity index (χ1v) is 7.80. The minimum atomic E-state index is -0.0428. The van der Waals surface area contributed by atoms with Crippen LogP contribution in [0.5, 0.6) is 0 Å². The largest absolute Gasteiger partial charge is 0.381 e. The molecule has 0 heterocycles. The summed E-state index contributed by atoms with van der Waals surface area (Å²) in [5.41, 5.74) is 0. The second kappa shape index (κ2) is 11.9. The lowest BCUT2D eigenvalue weighted by molar-refractivity contribution is -0.126. The fourth-order valence-electron chi connectivity index (χ4n) is 1.71. The van der Waals surface area contributed by atoms with Crippen LogP contribution in [0, 0.1) is 11.8 Å². The molecule has 4 nitrogen and oxygen atoms in total. The van der Waals surface area contributed by atoms with E-state index in [2.05, 4.69) is 19.2 Å². The van der Waals surface area contributed by atoms with Gasteiger partial charge >= 0.3 is 0 Å². The van der Waals surface area contributed by atoms with Gasteiger partial charge in [-0.2, -0.15) is 0 Å². The molecule has 0 fully saturated rings. The maximum Gasteiger partial charge on any atom is 0.220 e. The Morgan fingerprint density at radius 2 is 1.65 bits per heavy atom. The summed E-state index contributed by atoms with van der Waals surface area (Å²) in [6.07, 6.45) is 3.76. The lowest BCUT2D eigenvalue weighted by Gasteiger charge is -2.07. The Balaban J connectivity index is 3.34. The van der Waals surface area contributed by atoms with Crippen LogP contribution in [0.2, 0.25) is 0 Å². The van der Waals surface area contributed by atoms with Crippen molar-refractivity contribution in [3.63, 3.8) is 0 Å². The van der Waals surface area contributed by atoms with Gasteiger partial charge in [0.25, 0.3) is 0 Å². The van der Waals surface area contributed by atoms with Gasteiger partial charge < -0.3 is 10.1 Å². The molecule has 0 atom stereocenters. The highest BCUT2D eigenvalue weighted by atomic mass is 16.5. The standard InChI is InChI=1S/C16H31NO3/c1-13(2)7-5-11-20-12-6-10-17-16(19)9-8-15(18)14(3)4/h13-14H,5-12H2,1-4H3,(H,17,19). The number of hydrogen-bond acceptors (Lipinski definition) is 3. The number of rotatable bonds is 12. The summed E-state index contributed by atoms with van der Waals surface area (Å²) >= 11 is 0. The van der Waals surface area contributed by atoms with Gasteiger partial charge in [-0.05, 0) is 25.2 Å². The zero-order valence-corrected chi connectivity index (χ0v) is 13.5. The Kier molecular flexibility index (Phi) is 11.4. The summed E-state index contributed by atoms with van der Waals surface area (Å²) in [4.78, 5) is 22.8. The molecular formula is C16H31NO3. The number of Topliss-reactive ketones (excluding diaryl/α,β-unsaturated/α-hetero) is 1. The molecule has 118 valence electrons. The van der Waals surface area contributed by atoms with E-state index in [1.807, 2.05) is 13.8 Å². The summed E-state index contributed by atoms with van der Waals surface area (Å²) in [6, 6.07) is 0. The Morgan fingerprint density at radius 3 is 2.25 bits per heavy atom. The van der Waals surface area contributed by atoms with Crippen molar-refractivity contribution >= 4 is 11.7 Å². The Labute approximate surface area is 123 Å². The molecule has 1 N–H and O–H groups in total.